The van der Waals surface area contributed by atoms with E-state index >= 15 is 0 Å². The van der Waals surface area contributed by atoms with Crippen molar-refractivity contribution in [2.75, 3.05) is 6.61 Å². The third-order valence-corrected chi connectivity index (χ3v) is 4.02. The van der Waals surface area contributed by atoms with Crippen molar-refractivity contribution < 1.29 is 22.1 Å². The Hall–Kier alpha value is -2.54. The van der Waals surface area contributed by atoms with Crippen molar-refractivity contribution >= 4 is 16.0 Å². The minimum absolute atomic E-state index is 0.0798. The fraction of sp³-hybridized carbons (Fsp3) is 0.133. The first-order chi connectivity index (χ1) is 10.4. The molecular formula is C15H15NO5S. The molecule has 0 aliphatic carbocycles. The second kappa shape index (κ2) is 6.48. The molecule has 0 aromatic heterocycles. The van der Waals surface area contributed by atoms with Crippen LogP contribution in [-0.4, -0.2) is 20.9 Å². The zero-order valence-corrected chi connectivity index (χ0v) is 12.7. The molecule has 0 spiro atoms. The van der Waals surface area contributed by atoms with Gasteiger partial charge in [0.1, 0.15) is 4.90 Å². The van der Waals surface area contributed by atoms with Crippen LogP contribution in [0.1, 0.15) is 17.3 Å². The Kier molecular flexibility index (Phi) is 4.67. The largest absolute Gasteiger partial charge is 0.490 e. The van der Waals surface area contributed by atoms with Crippen LogP contribution in [0, 0.1) is 0 Å². The summed E-state index contributed by atoms with van der Waals surface area (Å²) >= 11 is 0. The number of ether oxygens (including phenoxy) is 1. The quantitative estimate of drug-likeness (QED) is 0.820. The summed E-state index contributed by atoms with van der Waals surface area (Å²) in [6.07, 6.45) is 0. The number of para-hydroxylation sites is 2. The van der Waals surface area contributed by atoms with Crippen molar-refractivity contribution in [3.8, 4) is 11.5 Å². The second-order valence-electron chi connectivity index (χ2n) is 4.31. The highest BCUT2D eigenvalue weighted by Gasteiger charge is 2.19. The lowest BCUT2D eigenvalue weighted by Gasteiger charge is -2.11. The van der Waals surface area contributed by atoms with Gasteiger partial charge in [-0.15, -0.1) is 0 Å². The summed E-state index contributed by atoms with van der Waals surface area (Å²) in [5.74, 6) is -0.197. The number of nitrogens with two attached hydrogens (primary N) is 1. The molecule has 0 radical (unpaired) electrons. The third-order valence-electron chi connectivity index (χ3n) is 2.78. The van der Waals surface area contributed by atoms with Gasteiger partial charge in [0.15, 0.2) is 11.5 Å². The van der Waals surface area contributed by atoms with Gasteiger partial charge in [-0.3, -0.25) is 4.79 Å². The summed E-state index contributed by atoms with van der Waals surface area (Å²) in [7, 11) is -4.03. The van der Waals surface area contributed by atoms with Gasteiger partial charge in [0.25, 0.3) is 0 Å². The van der Waals surface area contributed by atoms with E-state index in [9.17, 15) is 13.2 Å². The average Bonchev–Trinajstić information content (AvgIpc) is 2.49. The number of hydrogen-bond donors (Lipinski definition) is 1. The molecule has 22 heavy (non-hydrogen) atoms. The molecule has 116 valence electrons. The maximum Gasteiger partial charge on any atom is 0.339 e. The van der Waals surface area contributed by atoms with Crippen LogP contribution >= 0.6 is 0 Å². The molecule has 0 bridgehead atoms. The van der Waals surface area contributed by atoms with Crippen LogP contribution < -0.4 is 14.7 Å². The van der Waals surface area contributed by atoms with E-state index in [1.807, 2.05) is 0 Å². The Labute approximate surface area is 128 Å². The van der Waals surface area contributed by atoms with Crippen molar-refractivity contribution in [3.63, 3.8) is 0 Å². The molecular weight excluding hydrogens is 306 g/mol. The molecule has 1 amide bonds. The van der Waals surface area contributed by atoms with Gasteiger partial charge in [0.2, 0.25) is 5.91 Å². The number of carbonyl (C=O) groups excluding carboxylic acids is 1. The predicted molar refractivity (Wildman–Crippen MR) is 80.4 cm³/mol. The first kappa shape index (κ1) is 15.8. The van der Waals surface area contributed by atoms with Gasteiger partial charge in [-0.25, -0.2) is 0 Å². The fourth-order valence-electron chi connectivity index (χ4n) is 1.75. The first-order valence-corrected chi connectivity index (χ1v) is 7.91. The van der Waals surface area contributed by atoms with Gasteiger partial charge in [0, 0.05) is 5.56 Å². The first-order valence-electron chi connectivity index (χ1n) is 6.50. The molecule has 2 aromatic carbocycles. The minimum Gasteiger partial charge on any atom is -0.490 e. The number of amides is 1. The number of carbonyl (C=O) groups is 1. The molecule has 0 saturated carbocycles. The maximum absolute atomic E-state index is 12.2. The van der Waals surface area contributed by atoms with E-state index in [1.165, 1.54) is 30.3 Å². The lowest BCUT2D eigenvalue weighted by Crippen LogP contribution is -2.13. The van der Waals surface area contributed by atoms with Crippen LogP contribution in [0.2, 0.25) is 0 Å². The van der Waals surface area contributed by atoms with Crippen molar-refractivity contribution in [1.29, 1.82) is 0 Å². The van der Waals surface area contributed by atoms with E-state index < -0.39 is 16.0 Å². The molecule has 2 rings (SSSR count). The lowest BCUT2D eigenvalue weighted by molar-refractivity contribution is 0.1000. The van der Waals surface area contributed by atoms with E-state index in [-0.39, 0.29) is 16.2 Å². The Balaban J connectivity index is 2.30. The SMILES string of the molecule is CCOc1ccccc1OS(=O)(=O)c1ccc(C(N)=O)cc1. The van der Waals surface area contributed by atoms with Crippen LogP contribution in [0.3, 0.4) is 0 Å². The standard InChI is InChI=1S/C15H15NO5S/c1-2-20-13-5-3-4-6-14(13)21-22(18,19)12-9-7-11(8-10-12)15(16)17/h3-10H,2H2,1H3,(H2,16,17). The highest BCUT2D eigenvalue weighted by atomic mass is 32.2. The van der Waals surface area contributed by atoms with Gasteiger partial charge >= 0.3 is 10.1 Å². The van der Waals surface area contributed by atoms with E-state index in [0.717, 1.165) is 0 Å². The van der Waals surface area contributed by atoms with Crippen molar-refractivity contribution in [3.05, 3.63) is 54.1 Å². The molecule has 0 unspecified atom stereocenters. The zero-order valence-electron chi connectivity index (χ0n) is 11.9. The van der Waals surface area contributed by atoms with Gasteiger partial charge in [-0.2, -0.15) is 8.42 Å². The zero-order chi connectivity index (χ0) is 16.2. The minimum atomic E-state index is -4.03. The molecule has 6 nitrogen and oxygen atoms in total. The van der Waals surface area contributed by atoms with E-state index in [1.54, 1.807) is 25.1 Å². The van der Waals surface area contributed by atoms with Crippen LogP contribution in [0.4, 0.5) is 0 Å². The monoisotopic (exact) mass is 321 g/mol. The number of hydrogen-bond acceptors (Lipinski definition) is 5. The predicted octanol–water partition coefficient (Wildman–Crippen LogP) is 1.95. The second-order valence-corrected chi connectivity index (χ2v) is 5.85. The van der Waals surface area contributed by atoms with Gasteiger partial charge in [0.05, 0.1) is 6.61 Å². The summed E-state index contributed by atoms with van der Waals surface area (Å²) in [6.45, 7) is 2.17. The third kappa shape index (κ3) is 3.56. The molecule has 2 aromatic rings. The molecule has 0 fully saturated rings. The van der Waals surface area contributed by atoms with E-state index in [4.69, 9.17) is 14.7 Å². The smallest absolute Gasteiger partial charge is 0.339 e. The topological polar surface area (TPSA) is 95.7 Å². The summed E-state index contributed by atoms with van der Waals surface area (Å²) < 4.78 is 34.9. The molecule has 0 saturated heterocycles. The Morgan fingerprint density at radius 2 is 1.64 bits per heavy atom. The Morgan fingerprint density at radius 1 is 1.05 bits per heavy atom. The highest BCUT2D eigenvalue weighted by molar-refractivity contribution is 7.87. The van der Waals surface area contributed by atoms with Crippen molar-refractivity contribution in [1.82, 2.24) is 0 Å². The van der Waals surface area contributed by atoms with E-state index in [0.29, 0.717) is 12.4 Å². The summed E-state index contributed by atoms with van der Waals surface area (Å²) in [4.78, 5) is 10.9. The average molecular weight is 321 g/mol. The summed E-state index contributed by atoms with van der Waals surface area (Å²) in [5, 5.41) is 0. The highest BCUT2D eigenvalue weighted by Crippen LogP contribution is 2.29. The van der Waals surface area contributed by atoms with Crippen LogP contribution in [0.15, 0.2) is 53.4 Å². The summed E-state index contributed by atoms with van der Waals surface area (Å²) in [6, 6.07) is 11.7. The number of benzene rings is 2. The molecule has 0 aliphatic rings. The maximum atomic E-state index is 12.2. The molecule has 0 aliphatic heterocycles. The molecule has 7 heteroatoms. The lowest BCUT2D eigenvalue weighted by atomic mass is 10.2. The molecule has 0 heterocycles. The van der Waals surface area contributed by atoms with Gasteiger partial charge in [-0.05, 0) is 43.3 Å². The van der Waals surface area contributed by atoms with Crippen molar-refractivity contribution in [2.24, 2.45) is 5.73 Å². The van der Waals surface area contributed by atoms with E-state index in [2.05, 4.69) is 0 Å². The van der Waals surface area contributed by atoms with Crippen LogP contribution in [0.5, 0.6) is 11.5 Å². The number of primary amides is 1. The molecule has 0 atom stereocenters. The number of rotatable bonds is 6. The van der Waals surface area contributed by atoms with Gasteiger partial charge in [-0.1, -0.05) is 12.1 Å². The van der Waals surface area contributed by atoms with Crippen LogP contribution in [0.25, 0.3) is 0 Å². The van der Waals surface area contributed by atoms with Crippen molar-refractivity contribution in [2.45, 2.75) is 11.8 Å². The Morgan fingerprint density at radius 3 is 2.18 bits per heavy atom. The normalized spacial score (nSPS) is 11.0. The Bertz CT molecular complexity index is 769. The van der Waals surface area contributed by atoms with Crippen LogP contribution in [-0.2, 0) is 10.1 Å². The fourth-order valence-corrected chi connectivity index (χ4v) is 2.69. The molecule has 2 N–H and O–H groups in total. The van der Waals surface area contributed by atoms with Gasteiger partial charge < -0.3 is 14.7 Å². The summed E-state index contributed by atoms with van der Waals surface area (Å²) in [5.41, 5.74) is 5.33.